The zero-order valence-electron chi connectivity index (χ0n) is 11.3. The molecular weight excluding hydrogens is 279 g/mol. The van der Waals surface area contributed by atoms with Crippen molar-refractivity contribution < 1.29 is 9.18 Å². The predicted octanol–water partition coefficient (Wildman–Crippen LogP) is 4.28. The molecular formula is C15H18ClFN2O. The molecule has 0 bridgehead atoms. The van der Waals surface area contributed by atoms with Gasteiger partial charge in [-0.05, 0) is 42.9 Å². The van der Waals surface area contributed by atoms with Crippen LogP contribution in [-0.2, 0) is 0 Å². The lowest BCUT2D eigenvalue weighted by atomic mass is 9.86. The Bertz CT molecular complexity index is 529. The summed E-state index contributed by atoms with van der Waals surface area (Å²) in [5, 5.41) is 2.96. The van der Waals surface area contributed by atoms with Gasteiger partial charge in [-0.2, -0.15) is 0 Å². The zero-order valence-corrected chi connectivity index (χ0v) is 12.0. The van der Waals surface area contributed by atoms with E-state index in [1.54, 1.807) is 11.0 Å². The van der Waals surface area contributed by atoms with Gasteiger partial charge in [-0.15, -0.1) is 0 Å². The van der Waals surface area contributed by atoms with E-state index in [0.717, 1.165) is 19.5 Å². The number of benzene rings is 1. The van der Waals surface area contributed by atoms with Gasteiger partial charge < -0.3 is 10.2 Å². The van der Waals surface area contributed by atoms with Crippen molar-refractivity contribution in [3.63, 3.8) is 0 Å². The van der Waals surface area contributed by atoms with Crippen molar-refractivity contribution >= 4 is 23.3 Å². The van der Waals surface area contributed by atoms with Crippen LogP contribution in [0.5, 0.6) is 0 Å². The quantitative estimate of drug-likeness (QED) is 0.824. The van der Waals surface area contributed by atoms with Crippen LogP contribution >= 0.6 is 11.6 Å². The summed E-state index contributed by atoms with van der Waals surface area (Å²) in [4.78, 5) is 14.0. The molecule has 20 heavy (non-hydrogen) atoms. The second kappa shape index (κ2) is 5.24. The number of nitrogens with one attached hydrogen (secondary N) is 1. The average molecular weight is 297 g/mol. The van der Waals surface area contributed by atoms with Gasteiger partial charge in [0, 0.05) is 18.1 Å². The van der Waals surface area contributed by atoms with E-state index in [4.69, 9.17) is 11.6 Å². The number of anilines is 1. The van der Waals surface area contributed by atoms with Gasteiger partial charge in [0.2, 0.25) is 0 Å². The van der Waals surface area contributed by atoms with Crippen molar-refractivity contribution in [1.29, 1.82) is 0 Å². The Morgan fingerprint density at radius 1 is 1.30 bits per heavy atom. The molecule has 3 rings (SSSR count). The highest BCUT2D eigenvalue weighted by Gasteiger charge is 2.41. The van der Waals surface area contributed by atoms with Crippen LogP contribution in [0.2, 0.25) is 5.02 Å². The van der Waals surface area contributed by atoms with E-state index in [0.29, 0.717) is 10.4 Å². The molecule has 0 unspecified atom stereocenters. The number of amides is 2. The van der Waals surface area contributed by atoms with Crippen molar-refractivity contribution in [3.8, 4) is 0 Å². The van der Waals surface area contributed by atoms with Crippen molar-refractivity contribution in [3.05, 3.63) is 29.0 Å². The number of hydrogen-bond donors (Lipinski definition) is 1. The summed E-state index contributed by atoms with van der Waals surface area (Å²) in [7, 11) is 0. The molecule has 2 aliphatic rings. The second-order valence-corrected chi connectivity index (χ2v) is 6.37. The summed E-state index contributed by atoms with van der Waals surface area (Å²) in [5.41, 5.74) is 0.516. The number of nitrogens with zero attached hydrogens (tertiary/aromatic N) is 1. The molecule has 2 amide bonds. The molecule has 5 heteroatoms. The fourth-order valence-corrected chi connectivity index (χ4v) is 3.59. The minimum Gasteiger partial charge on any atom is -0.324 e. The molecule has 1 saturated heterocycles. The minimum atomic E-state index is -0.499. The highest BCUT2D eigenvalue weighted by atomic mass is 35.5. The number of halogens is 2. The van der Waals surface area contributed by atoms with E-state index in [1.807, 2.05) is 0 Å². The smallest absolute Gasteiger partial charge is 0.321 e. The maximum atomic E-state index is 13.7. The van der Waals surface area contributed by atoms with Crippen molar-refractivity contribution in [1.82, 2.24) is 4.90 Å². The molecule has 0 aromatic heterocycles. The van der Waals surface area contributed by atoms with E-state index >= 15 is 0 Å². The fraction of sp³-hybridized carbons (Fsp3) is 0.533. The first-order valence-electron chi connectivity index (χ1n) is 7.09. The Hall–Kier alpha value is -1.29. The van der Waals surface area contributed by atoms with Crippen LogP contribution < -0.4 is 5.32 Å². The van der Waals surface area contributed by atoms with Gasteiger partial charge in [-0.1, -0.05) is 24.4 Å². The van der Waals surface area contributed by atoms with Gasteiger partial charge in [0.1, 0.15) is 5.82 Å². The van der Waals surface area contributed by atoms with E-state index in [1.165, 1.54) is 37.8 Å². The highest BCUT2D eigenvalue weighted by Crippen LogP contribution is 2.45. The molecule has 1 aliphatic heterocycles. The van der Waals surface area contributed by atoms with E-state index < -0.39 is 5.82 Å². The lowest BCUT2D eigenvalue weighted by Gasteiger charge is -2.23. The monoisotopic (exact) mass is 296 g/mol. The molecule has 108 valence electrons. The number of likely N-dealkylation sites (tertiary alicyclic amines) is 1. The fourth-order valence-electron chi connectivity index (χ4n) is 3.43. The molecule has 0 atom stereocenters. The first-order valence-corrected chi connectivity index (χ1v) is 7.47. The lowest BCUT2D eigenvalue weighted by molar-refractivity contribution is 0.213. The first kappa shape index (κ1) is 13.7. The molecule has 1 heterocycles. The molecule has 1 aliphatic carbocycles. The molecule has 1 aromatic rings. The van der Waals surface area contributed by atoms with Crippen LogP contribution in [0.1, 0.15) is 32.1 Å². The summed E-state index contributed by atoms with van der Waals surface area (Å²) in [6.07, 6.45) is 6.03. The van der Waals surface area contributed by atoms with Crippen molar-refractivity contribution in [2.75, 3.05) is 18.4 Å². The Morgan fingerprint density at radius 3 is 2.75 bits per heavy atom. The Labute approximate surface area is 123 Å². The van der Waals surface area contributed by atoms with Gasteiger partial charge in [-0.3, -0.25) is 0 Å². The van der Waals surface area contributed by atoms with Crippen molar-refractivity contribution in [2.24, 2.45) is 5.41 Å². The van der Waals surface area contributed by atoms with Crippen molar-refractivity contribution in [2.45, 2.75) is 32.1 Å². The Kier molecular flexibility index (Phi) is 3.59. The number of hydrogen-bond acceptors (Lipinski definition) is 1. The van der Waals surface area contributed by atoms with Crippen LogP contribution in [0.3, 0.4) is 0 Å². The maximum Gasteiger partial charge on any atom is 0.321 e. The molecule has 1 N–H and O–H groups in total. The third-order valence-corrected chi connectivity index (χ3v) is 4.80. The van der Waals surface area contributed by atoms with Crippen LogP contribution in [0.4, 0.5) is 14.9 Å². The average Bonchev–Trinajstić information content (AvgIpc) is 3.04. The summed E-state index contributed by atoms with van der Waals surface area (Å²) >= 11 is 5.70. The van der Waals surface area contributed by atoms with Gasteiger partial charge in [0.05, 0.1) is 5.69 Å². The summed E-state index contributed by atoms with van der Waals surface area (Å²) < 4.78 is 13.7. The standard InChI is InChI=1S/C15H18ClFN2O/c16-11-3-4-13(12(17)9-11)18-14(20)19-8-7-15(10-19)5-1-2-6-15/h3-4,9H,1-2,5-8,10H2,(H,18,20). The van der Waals surface area contributed by atoms with E-state index in [-0.39, 0.29) is 11.7 Å². The third-order valence-electron chi connectivity index (χ3n) is 4.56. The summed E-state index contributed by atoms with van der Waals surface area (Å²) in [6, 6.07) is 4.06. The Morgan fingerprint density at radius 2 is 2.05 bits per heavy atom. The lowest BCUT2D eigenvalue weighted by Crippen LogP contribution is -2.34. The van der Waals surface area contributed by atoms with Gasteiger partial charge in [-0.25, -0.2) is 9.18 Å². The summed E-state index contributed by atoms with van der Waals surface area (Å²) in [5.74, 6) is -0.499. The number of urea groups is 1. The minimum absolute atomic E-state index is 0.187. The molecule has 1 spiro atoms. The topological polar surface area (TPSA) is 32.3 Å². The number of rotatable bonds is 1. The number of carbonyl (C=O) groups excluding carboxylic acids is 1. The molecule has 1 aromatic carbocycles. The van der Waals surface area contributed by atoms with Crippen LogP contribution in [0.15, 0.2) is 18.2 Å². The zero-order chi connectivity index (χ0) is 14.2. The van der Waals surface area contributed by atoms with Gasteiger partial charge in [0.15, 0.2) is 0 Å². The maximum absolute atomic E-state index is 13.7. The molecule has 2 fully saturated rings. The molecule has 0 radical (unpaired) electrons. The first-order chi connectivity index (χ1) is 9.58. The molecule has 3 nitrogen and oxygen atoms in total. The van der Waals surface area contributed by atoms with E-state index in [9.17, 15) is 9.18 Å². The van der Waals surface area contributed by atoms with Crippen LogP contribution in [0, 0.1) is 11.2 Å². The highest BCUT2D eigenvalue weighted by molar-refractivity contribution is 6.30. The largest absolute Gasteiger partial charge is 0.324 e. The molecule has 1 saturated carbocycles. The van der Waals surface area contributed by atoms with Crippen LogP contribution in [-0.4, -0.2) is 24.0 Å². The Balaban J connectivity index is 1.65. The summed E-state index contributed by atoms with van der Waals surface area (Å²) in [6.45, 7) is 1.56. The predicted molar refractivity (Wildman–Crippen MR) is 77.5 cm³/mol. The second-order valence-electron chi connectivity index (χ2n) is 5.93. The van der Waals surface area contributed by atoms with Gasteiger partial charge in [0.25, 0.3) is 0 Å². The van der Waals surface area contributed by atoms with Crippen LogP contribution in [0.25, 0.3) is 0 Å². The van der Waals surface area contributed by atoms with Gasteiger partial charge >= 0.3 is 6.03 Å². The van der Waals surface area contributed by atoms with E-state index in [2.05, 4.69) is 5.32 Å². The SMILES string of the molecule is O=C(Nc1ccc(Cl)cc1F)N1CCC2(CCCC2)C1. The third kappa shape index (κ3) is 2.62. The number of carbonyl (C=O) groups is 1. The normalized spacial score (nSPS) is 20.6.